The highest BCUT2D eigenvalue weighted by Crippen LogP contribution is 2.06. The summed E-state index contributed by atoms with van der Waals surface area (Å²) in [6.07, 6.45) is 0.296. The first-order valence-electron chi connectivity index (χ1n) is 5.33. The van der Waals surface area contributed by atoms with Crippen LogP contribution >= 0.6 is 0 Å². The predicted octanol–water partition coefficient (Wildman–Crippen LogP) is 0.873. The molecule has 0 aromatic heterocycles. The van der Waals surface area contributed by atoms with Crippen molar-refractivity contribution in [1.29, 1.82) is 0 Å². The standard InChI is InChI=1S/C6H15N.C4H5NO3/c1-4-7(5-2)6-3;6-3-1-2-4(7)5(3)8/h4-6H2,1-3H3;8H,1-2H2. The summed E-state index contributed by atoms with van der Waals surface area (Å²) in [6, 6.07) is 0. The summed E-state index contributed by atoms with van der Waals surface area (Å²) in [6.45, 7) is 10.1. The molecule has 1 saturated heterocycles. The van der Waals surface area contributed by atoms with Gasteiger partial charge >= 0.3 is 0 Å². The lowest BCUT2D eigenvalue weighted by Crippen LogP contribution is -2.24. The van der Waals surface area contributed by atoms with Crippen molar-refractivity contribution in [3.8, 4) is 0 Å². The molecule has 5 nitrogen and oxygen atoms in total. The lowest BCUT2D eigenvalue weighted by Gasteiger charge is -2.13. The van der Waals surface area contributed by atoms with Crippen molar-refractivity contribution in [3.63, 3.8) is 0 Å². The van der Waals surface area contributed by atoms with Crippen molar-refractivity contribution in [2.45, 2.75) is 33.6 Å². The van der Waals surface area contributed by atoms with Crippen LogP contribution in [0.5, 0.6) is 0 Å². The van der Waals surface area contributed by atoms with Crippen LogP contribution in [-0.4, -0.2) is 46.6 Å². The number of nitrogens with zero attached hydrogens (tertiary/aromatic N) is 2. The zero-order valence-electron chi connectivity index (χ0n) is 9.69. The van der Waals surface area contributed by atoms with Gasteiger partial charge in [-0.1, -0.05) is 20.8 Å². The fourth-order valence-corrected chi connectivity index (χ4v) is 1.24. The maximum absolute atomic E-state index is 10.2. The molecule has 15 heavy (non-hydrogen) atoms. The van der Waals surface area contributed by atoms with E-state index < -0.39 is 11.8 Å². The number of amides is 2. The van der Waals surface area contributed by atoms with E-state index in [1.54, 1.807) is 0 Å². The lowest BCUT2D eigenvalue weighted by molar-refractivity contribution is -0.171. The molecule has 1 heterocycles. The third kappa shape index (κ3) is 4.90. The van der Waals surface area contributed by atoms with Crippen LogP contribution in [0.2, 0.25) is 0 Å². The van der Waals surface area contributed by atoms with Crippen LogP contribution < -0.4 is 0 Å². The largest absolute Gasteiger partial charge is 0.304 e. The molecular formula is C10H20N2O3. The molecule has 0 aromatic rings. The first-order chi connectivity index (χ1) is 7.06. The minimum absolute atomic E-state index is 0.148. The Morgan fingerprint density at radius 2 is 1.40 bits per heavy atom. The summed E-state index contributed by atoms with van der Waals surface area (Å²) >= 11 is 0. The third-order valence-electron chi connectivity index (χ3n) is 2.37. The molecule has 0 saturated carbocycles. The topological polar surface area (TPSA) is 60.9 Å². The first kappa shape index (κ1) is 14.1. The van der Waals surface area contributed by atoms with Gasteiger partial charge in [0.1, 0.15) is 0 Å². The number of hydrogen-bond acceptors (Lipinski definition) is 4. The van der Waals surface area contributed by atoms with Crippen LogP contribution in [0.4, 0.5) is 0 Å². The Labute approximate surface area is 90.6 Å². The van der Waals surface area contributed by atoms with E-state index in [9.17, 15) is 9.59 Å². The Morgan fingerprint density at radius 3 is 1.47 bits per heavy atom. The molecule has 0 aliphatic carbocycles. The minimum atomic E-state index is -0.505. The van der Waals surface area contributed by atoms with Crippen LogP contribution in [0.3, 0.4) is 0 Å². The van der Waals surface area contributed by atoms with E-state index in [2.05, 4.69) is 25.7 Å². The molecular weight excluding hydrogens is 196 g/mol. The van der Waals surface area contributed by atoms with E-state index in [4.69, 9.17) is 5.21 Å². The monoisotopic (exact) mass is 216 g/mol. The van der Waals surface area contributed by atoms with Crippen molar-refractivity contribution in [2.24, 2.45) is 0 Å². The molecule has 88 valence electrons. The summed E-state index contributed by atoms with van der Waals surface area (Å²) in [5.41, 5.74) is 0. The Balaban J connectivity index is 0.000000265. The molecule has 1 aliphatic rings. The number of carbonyl (C=O) groups is 2. The van der Waals surface area contributed by atoms with Gasteiger partial charge in [0, 0.05) is 12.8 Å². The summed E-state index contributed by atoms with van der Waals surface area (Å²) < 4.78 is 0. The smallest absolute Gasteiger partial charge is 0.253 e. The lowest BCUT2D eigenvalue weighted by atomic mass is 10.4. The molecule has 1 aliphatic heterocycles. The summed E-state index contributed by atoms with van der Waals surface area (Å²) in [7, 11) is 0. The van der Waals surface area contributed by atoms with Crippen LogP contribution in [0.25, 0.3) is 0 Å². The van der Waals surface area contributed by atoms with Gasteiger partial charge in [-0.3, -0.25) is 14.8 Å². The first-order valence-corrected chi connectivity index (χ1v) is 5.33. The van der Waals surface area contributed by atoms with E-state index >= 15 is 0 Å². The van der Waals surface area contributed by atoms with Crippen molar-refractivity contribution in [2.75, 3.05) is 19.6 Å². The van der Waals surface area contributed by atoms with Gasteiger partial charge in [0.2, 0.25) is 0 Å². The normalized spacial score (nSPS) is 15.7. The van der Waals surface area contributed by atoms with E-state index in [1.807, 2.05) is 0 Å². The SMILES string of the molecule is CCN(CC)CC.O=C1CCC(=O)N1O. The molecule has 0 atom stereocenters. The van der Waals surface area contributed by atoms with Gasteiger partial charge in [-0.05, 0) is 19.6 Å². The molecule has 5 heteroatoms. The number of carbonyl (C=O) groups excluding carboxylic acids is 2. The van der Waals surface area contributed by atoms with E-state index in [-0.39, 0.29) is 17.9 Å². The average Bonchev–Trinajstić information content (AvgIpc) is 2.53. The zero-order valence-corrected chi connectivity index (χ0v) is 9.69. The van der Waals surface area contributed by atoms with Gasteiger partial charge in [0.25, 0.3) is 11.8 Å². The van der Waals surface area contributed by atoms with Crippen LogP contribution in [-0.2, 0) is 9.59 Å². The number of imide groups is 1. The fraction of sp³-hybridized carbons (Fsp3) is 0.800. The van der Waals surface area contributed by atoms with Crippen LogP contribution in [0.1, 0.15) is 33.6 Å². The maximum Gasteiger partial charge on any atom is 0.253 e. The van der Waals surface area contributed by atoms with E-state index in [1.165, 1.54) is 19.6 Å². The van der Waals surface area contributed by atoms with Crippen molar-refractivity contribution in [3.05, 3.63) is 0 Å². The van der Waals surface area contributed by atoms with E-state index in [0.717, 1.165) is 0 Å². The molecule has 0 aromatic carbocycles. The van der Waals surface area contributed by atoms with Crippen molar-refractivity contribution in [1.82, 2.24) is 9.96 Å². The van der Waals surface area contributed by atoms with Crippen molar-refractivity contribution >= 4 is 11.8 Å². The molecule has 1 N–H and O–H groups in total. The second-order valence-corrected chi connectivity index (χ2v) is 3.22. The van der Waals surface area contributed by atoms with Gasteiger partial charge in [-0.2, -0.15) is 5.06 Å². The summed E-state index contributed by atoms with van der Waals surface area (Å²) in [5, 5.41) is 8.57. The highest BCUT2D eigenvalue weighted by atomic mass is 16.5. The quantitative estimate of drug-likeness (QED) is 0.562. The minimum Gasteiger partial charge on any atom is -0.304 e. The molecule has 2 amide bonds. The van der Waals surface area contributed by atoms with Crippen LogP contribution in [0.15, 0.2) is 0 Å². The predicted molar refractivity (Wildman–Crippen MR) is 56.3 cm³/mol. The second kappa shape index (κ2) is 7.36. The molecule has 0 unspecified atom stereocenters. The molecule has 0 spiro atoms. The molecule has 0 radical (unpaired) electrons. The number of rotatable bonds is 3. The average molecular weight is 216 g/mol. The zero-order chi connectivity index (χ0) is 11.8. The summed E-state index contributed by atoms with van der Waals surface area (Å²) in [5.74, 6) is -1.01. The number of hydrogen-bond donors (Lipinski definition) is 1. The third-order valence-corrected chi connectivity index (χ3v) is 2.37. The van der Waals surface area contributed by atoms with Gasteiger partial charge in [-0.15, -0.1) is 0 Å². The van der Waals surface area contributed by atoms with E-state index in [0.29, 0.717) is 0 Å². The summed E-state index contributed by atoms with van der Waals surface area (Å²) in [4.78, 5) is 22.9. The van der Waals surface area contributed by atoms with Gasteiger partial charge in [0.05, 0.1) is 0 Å². The van der Waals surface area contributed by atoms with Crippen molar-refractivity contribution < 1.29 is 14.8 Å². The highest BCUT2D eigenvalue weighted by molar-refractivity contribution is 6.00. The molecule has 1 fully saturated rings. The Morgan fingerprint density at radius 1 is 1.07 bits per heavy atom. The fourth-order valence-electron chi connectivity index (χ4n) is 1.24. The van der Waals surface area contributed by atoms with Gasteiger partial charge < -0.3 is 4.90 Å². The second-order valence-electron chi connectivity index (χ2n) is 3.22. The number of hydroxylamine groups is 2. The Kier molecular flexibility index (Phi) is 6.90. The van der Waals surface area contributed by atoms with Gasteiger partial charge in [-0.25, -0.2) is 0 Å². The maximum atomic E-state index is 10.2. The highest BCUT2D eigenvalue weighted by Gasteiger charge is 2.26. The molecule has 1 rings (SSSR count). The van der Waals surface area contributed by atoms with Crippen LogP contribution in [0, 0.1) is 0 Å². The Bertz CT molecular complexity index is 193. The molecule has 0 bridgehead atoms. The Hall–Kier alpha value is -0.940. The van der Waals surface area contributed by atoms with Gasteiger partial charge in [0.15, 0.2) is 0 Å².